The zero-order chi connectivity index (χ0) is 18.9. The van der Waals surface area contributed by atoms with Gasteiger partial charge in [-0.2, -0.15) is 0 Å². The Morgan fingerprint density at radius 3 is 2.50 bits per heavy atom. The minimum Gasteiger partial charge on any atom is -0.391 e. The maximum atomic E-state index is 9.94. The average molecular weight is 381 g/mol. The van der Waals surface area contributed by atoms with Crippen molar-refractivity contribution in [3.8, 4) is 0 Å². The van der Waals surface area contributed by atoms with Gasteiger partial charge >= 0.3 is 0 Å². The smallest absolute Gasteiger partial charge is 0.150 e. The predicted molar refractivity (Wildman–Crippen MR) is 109 cm³/mol. The number of aliphatic hydroxyl groups is 1. The van der Waals surface area contributed by atoms with Crippen LogP contribution in [0.1, 0.15) is 30.9 Å². The van der Waals surface area contributed by atoms with Crippen LogP contribution < -0.4 is 20.4 Å². The maximum absolute atomic E-state index is 9.94. The Morgan fingerprint density at radius 2 is 1.82 bits per heavy atom. The molecule has 1 atom stereocenters. The van der Waals surface area contributed by atoms with E-state index in [1.807, 2.05) is 6.20 Å². The molecule has 2 aromatic rings. The molecule has 8 heteroatoms. The van der Waals surface area contributed by atoms with Crippen LogP contribution in [-0.4, -0.2) is 65.4 Å². The van der Waals surface area contributed by atoms with Crippen LogP contribution in [0.15, 0.2) is 24.5 Å². The van der Waals surface area contributed by atoms with Crippen LogP contribution >= 0.6 is 0 Å². The molecule has 28 heavy (non-hydrogen) atoms. The summed E-state index contributed by atoms with van der Waals surface area (Å²) in [7, 11) is 0. The number of aliphatic hydroxyl groups excluding tert-OH is 1. The first-order chi connectivity index (χ1) is 13.7. The van der Waals surface area contributed by atoms with E-state index >= 15 is 0 Å². The van der Waals surface area contributed by atoms with Crippen LogP contribution in [-0.2, 0) is 0 Å². The van der Waals surface area contributed by atoms with E-state index < -0.39 is 0 Å². The van der Waals surface area contributed by atoms with Crippen molar-refractivity contribution >= 4 is 23.1 Å². The summed E-state index contributed by atoms with van der Waals surface area (Å²) in [5.41, 5.74) is 2.23. The lowest BCUT2D eigenvalue weighted by Crippen LogP contribution is -2.43. The van der Waals surface area contributed by atoms with Crippen molar-refractivity contribution in [2.75, 3.05) is 54.4 Å². The van der Waals surface area contributed by atoms with Crippen molar-refractivity contribution in [1.82, 2.24) is 20.3 Å². The minimum absolute atomic E-state index is 0.276. The van der Waals surface area contributed by atoms with Crippen LogP contribution in [0.2, 0.25) is 0 Å². The molecule has 5 rings (SSSR count). The maximum Gasteiger partial charge on any atom is 0.150 e. The van der Waals surface area contributed by atoms with Gasteiger partial charge in [-0.3, -0.25) is 4.98 Å². The molecule has 0 radical (unpaired) electrons. The number of hydrogen-bond acceptors (Lipinski definition) is 8. The molecule has 4 heterocycles. The lowest BCUT2D eigenvalue weighted by Gasteiger charge is -2.30. The van der Waals surface area contributed by atoms with Gasteiger partial charge in [0.25, 0.3) is 0 Å². The molecule has 8 nitrogen and oxygen atoms in total. The summed E-state index contributed by atoms with van der Waals surface area (Å²) in [6, 6.07) is 4.22. The molecule has 2 aliphatic heterocycles. The Bertz CT molecular complexity index is 795. The zero-order valence-corrected chi connectivity index (χ0v) is 16.0. The lowest BCUT2D eigenvalue weighted by molar-refractivity contribution is 0.198. The highest BCUT2D eigenvalue weighted by Gasteiger charge is 2.25. The number of nitrogens with zero attached hydrogens (tertiary/aromatic N) is 5. The first-order valence-electron chi connectivity index (χ1n) is 10.2. The molecule has 1 unspecified atom stereocenters. The van der Waals surface area contributed by atoms with E-state index in [-0.39, 0.29) is 6.10 Å². The summed E-state index contributed by atoms with van der Waals surface area (Å²) < 4.78 is 0. The minimum atomic E-state index is -0.276. The van der Waals surface area contributed by atoms with Gasteiger partial charge in [0.1, 0.15) is 17.5 Å². The summed E-state index contributed by atoms with van der Waals surface area (Å²) in [5, 5.41) is 16.7. The standard InChI is InChI=1S/C20H27N7O/c28-16-3-6-27(13-16)20-10-15(26-7-4-21-5-8-26)9-18(25-20)24-19-12-22-17(11-23-19)14-1-2-14/h9-12,14,16,21,28H,1-8,13H2,(H,23,24,25). The number of aromatic nitrogens is 3. The molecule has 0 spiro atoms. The number of piperazine rings is 1. The van der Waals surface area contributed by atoms with E-state index in [9.17, 15) is 5.11 Å². The molecule has 1 aliphatic carbocycles. The molecule has 148 valence electrons. The highest BCUT2D eigenvalue weighted by molar-refractivity contribution is 5.65. The molecule has 2 saturated heterocycles. The third-order valence-electron chi connectivity index (χ3n) is 5.69. The van der Waals surface area contributed by atoms with Gasteiger partial charge in [-0.25, -0.2) is 9.97 Å². The Kier molecular flexibility index (Phi) is 4.74. The summed E-state index contributed by atoms with van der Waals surface area (Å²) in [4.78, 5) is 18.4. The molecule has 0 aromatic carbocycles. The van der Waals surface area contributed by atoms with Crippen molar-refractivity contribution < 1.29 is 5.11 Å². The fourth-order valence-electron chi connectivity index (χ4n) is 3.91. The molecule has 1 saturated carbocycles. The largest absolute Gasteiger partial charge is 0.391 e. The van der Waals surface area contributed by atoms with E-state index in [4.69, 9.17) is 4.98 Å². The van der Waals surface area contributed by atoms with Gasteiger partial charge in [-0.1, -0.05) is 0 Å². The zero-order valence-electron chi connectivity index (χ0n) is 16.0. The van der Waals surface area contributed by atoms with Crippen LogP contribution in [0.3, 0.4) is 0 Å². The van der Waals surface area contributed by atoms with E-state index in [2.05, 4.69) is 42.5 Å². The second kappa shape index (κ2) is 7.52. The lowest BCUT2D eigenvalue weighted by atomic mass is 10.2. The monoisotopic (exact) mass is 381 g/mol. The predicted octanol–water partition coefficient (Wildman–Crippen LogP) is 1.47. The number of anilines is 4. The second-order valence-electron chi connectivity index (χ2n) is 7.92. The fourth-order valence-corrected chi connectivity index (χ4v) is 3.91. The van der Waals surface area contributed by atoms with Crippen molar-refractivity contribution in [2.45, 2.75) is 31.3 Å². The average Bonchev–Trinajstić information content (AvgIpc) is 3.49. The van der Waals surface area contributed by atoms with E-state index in [1.165, 1.54) is 12.8 Å². The molecule has 3 aliphatic rings. The first kappa shape index (κ1) is 17.6. The van der Waals surface area contributed by atoms with Gasteiger partial charge in [-0.05, 0) is 19.3 Å². The van der Waals surface area contributed by atoms with Gasteiger partial charge < -0.3 is 25.5 Å². The number of hydrogen-bond donors (Lipinski definition) is 3. The van der Waals surface area contributed by atoms with E-state index in [0.29, 0.717) is 18.3 Å². The Balaban J connectivity index is 1.41. The molecule has 3 fully saturated rings. The topological polar surface area (TPSA) is 89.4 Å². The summed E-state index contributed by atoms with van der Waals surface area (Å²) in [6.45, 7) is 5.37. The highest BCUT2D eigenvalue weighted by Crippen LogP contribution is 2.38. The summed E-state index contributed by atoms with van der Waals surface area (Å²) >= 11 is 0. The molecule has 3 N–H and O–H groups in total. The second-order valence-corrected chi connectivity index (χ2v) is 7.92. The van der Waals surface area contributed by atoms with Gasteiger partial charge in [0.2, 0.25) is 0 Å². The van der Waals surface area contributed by atoms with E-state index in [0.717, 1.165) is 62.2 Å². The molecular formula is C20H27N7O. The molecule has 0 amide bonds. The highest BCUT2D eigenvalue weighted by atomic mass is 16.3. The molecule has 2 aromatic heterocycles. The number of nitrogens with one attached hydrogen (secondary N) is 2. The van der Waals surface area contributed by atoms with Crippen LogP contribution in [0, 0.1) is 0 Å². The summed E-state index contributed by atoms with van der Waals surface area (Å²) in [5.74, 6) is 2.98. The number of rotatable bonds is 5. The van der Waals surface area contributed by atoms with Crippen LogP contribution in [0.4, 0.5) is 23.1 Å². The Morgan fingerprint density at radius 1 is 0.964 bits per heavy atom. The van der Waals surface area contributed by atoms with Gasteiger partial charge in [0.15, 0.2) is 0 Å². The number of β-amino-alcohol motifs (C(OH)–C–C–N with tert-alkyl or cyclic N) is 1. The summed E-state index contributed by atoms with van der Waals surface area (Å²) in [6.07, 6.45) is 6.63. The first-order valence-corrected chi connectivity index (χ1v) is 10.2. The third-order valence-corrected chi connectivity index (χ3v) is 5.69. The quantitative estimate of drug-likeness (QED) is 0.718. The van der Waals surface area contributed by atoms with Crippen molar-refractivity contribution in [3.63, 3.8) is 0 Å². The Labute approximate surface area is 165 Å². The molecule has 0 bridgehead atoms. The molecular weight excluding hydrogens is 354 g/mol. The number of pyridine rings is 1. The fraction of sp³-hybridized carbons (Fsp3) is 0.550. The van der Waals surface area contributed by atoms with Crippen molar-refractivity contribution in [3.05, 3.63) is 30.2 Å². The third kappa shape index (κ3) is 3.88. The van der Waals surface area contributed by atoms with Crippen LogP contribution in [0.25, 0.3) is 0 Å². The van der Waals surface area contributed by atoms with Gasteiger partial charge in [0, 0.05) is 63.0 Å². The van der Waals surface area contributed by atoms with Gasteiger partial charge in [-0.15, -0.1) is 0 Å². The Hall–Kier alpha value is -2.45. The van der Waals surface area contributed by atoms with Crippen molar-refractivity contribution in [2.24, 2.45) is 0 Å². The van der Waals surface area contributed by atoms with E-state index in [1.54, 1.807) is 6.20 Å². The van der Waals surface area contributed by atoms with Crippen molar-refractivity contribution in [1.29, 1.82) is 0 Å². The van der Waals surface area contributed by atoms with Crippen LogP contribution in [0.5, 0.6) is 0 Å². The normalized spacial score (nSPS) is 22.5. The SMILES string of the molecule is OC1CCN(c2cc(N3CCNCC3)cc(Nc3cnc(C4CC4)cn3)n2)C1. The van der Waals surface area contributed by atoms with Gasteiger partial charge in [0.05, 0.1) is 24.2 Å².